The molecule has 1 N–H and O–H groups in total. The summed E-state index contributed by atoms with van der Waals surface area (Å²) in [6, 6.07) is 8.02. The predicted molar refractivity (Wildman–Crippen MR) is 74.0 cm³/mol. The second-order valence-corrected chi connectivity index (χ2v) is 5.07. The van der Waals surface area contributed by atoms with Gasteiger partial charge in [-0.05, 0) is 36.1 Å². The van der Waals surface area contributed by atoms with Gasteiger partial charge < -0.3 is 10.0 Å². The number of hydrogen-bond acceptors (Lipinski definition) is 4. The van der Waals surface area contributed by atoms with E-state index in [1.54, 1.807) is 6.20 Å². The maximum atomic E-state index is 10.3. The van der Waals surface area contributed by atoms with E-state index in [2.05, 4.69) is 21.2 Å². The number of rotatable bonds is 1. The van der Waals surface area contributed by atoms with Crippen LogP contribution in [0.4, 0.5) is 5.82 Å². The lowest BCUT2D eigenvalue weighted by Gasteiger charge is -2.33. The van der Waals surface area contributed by atoms with Gasteiger partial charge in [-0.2, -0.15) is 5.10 Å². The van der Waals surface area contributed by atoms with Gasteiger partial charge in [0.25, 0.3) is 0 Å². The largest absolute Gasteiger partial charge is 0.387 e. The molecule has 1 aliphatic heterocycles. The summed E-state index contributed by atoms with van der Waals surface area (Å²) in [5, 5.41) is 18.5. The fourth-order valence-corrected chi connectivity index (χ4v) is 2.56. The Morgan fingerprint density at radius 2 is 2.05 bits per heavy atom. The van der Waals surface area contributed by atoms with E-state index >= 15 is 0 Å². The molecule has 0 saturated carbocycles. The van der Waals surface area contributed by atoms with Gasteiger partial charge in [0.15, 0.2) is 5.82 Å². The fraction of sp³-hybridized carbons (Fsp3) is 0.333. The standard InChI is InChI=1S/C15H17N3O/c1-10-7-16-17-15(11(10)2)18-8-12-5-3-4-6-13(12)14(19)9-18/h3-7,14,19H,8-9H2,1-2H3. The molecule has 1 atom stereocenters. The number of aliphatic hydroxyl groups excluding tert-OH is 1. The molecule has 2 heterocycles. The van der Waals surface area contributed by atoms with Crippen LogP contribution >= 0.6 is 0 Å². The van der Waals surface area contributed by atoms with Gasteiger partial charge in [0.1, 0.15) is 0 Å². The number of aryl methyl sites for hydroxylation is 1. The predicted octanol–water partition coefficient (Wildman–Crippen LogP) is 2.15. The number of anilines is 1. The minimum absolute atomic E-state index is 0.466. The van der Waals surface area contributed by atoms with E-state index in [9.17, 15) is 5.11 Å². The van der Waals surface area contributed by atoms with Gasteiger partial charge in [0, 0.05) is 13.1 Å². The summed E-state index contributed by atoms with van der Waals surface area (Å²) in [5.41, 5.74) is 4.43. The van der Waals surface area contributed by atoms with Crippen molar-refractivity contribution in [2.45, 2.75) is 26.5 Å². The van der Waals surface area contributed by atoms with Crippen molar-refractivity contribution in [3.8, 4) is 0 Å². The van der Waals surface area contributed by atoms with Crippen molar-refractivity contribution >= 4 is 5.82 Å². The van der Waals surface area contributed by atoms with Crippen molar-refractivity contribution in [3.05, 3.63) is 52.7 Å². The third-order valence-corrected chi connectivity index (χ3v) is 3.80. The van der Waals surface area contributed by atoms with Crippen molar-refractivity contribution in [2.75, 3.05) is 11.4 Å². The molecule has 1 aliphatic rings. The zero-order chi connectivity index (χ0) is 13.4. The number of nitrogens with zero attached hydrogens (tertiary/aromatic N) is 3. The van der Waals surface area contributed by atoms with Gasteiger partial charge in [0.05, 0.1) is 12.3 Å². The number of fused-ring (bicyclic) bond motifs is 1. The molecule has 0 aliphatic carbocycles. The molecular formula is C15H17N3O. The molecule has 0 radical (unpaired) electrons. The number of aromatic nitrogens is 2. The van der Waals surface area contributed by atoms with E-state index < -0.39 is 6.10 Å². The first-order valence-electron chi connectivity index (χ1n) is 6.46. The van der Waals surface area contributed by atoms with Crippen LogP contribution in [0.25, 0.3) is 0 Å². The molecule has 1 aromatic carbocycles. The van der Waals surface area contributed by atoms with Gasteiger partial charge in [-0.25, -0.2) is 0 Å². The summed E-state index contributed by atoms with van der Waals surface area (Å²) in [5.74, 6) is 0.869. The van der Waals surface area contributed by atoms with Crippen molar-refractivity contribution < 1.29 is 5.11 Å². The topological polar surface area (TPSA) is 49.2 Å². The van der Waals surface area contributed by atoms with Gasteiger partial charge in [0.2, 0.25) is 0 Å². The molecule has 4 heteroatoms. The molecule has 0 saturated heterocycles. The zero-order valence-electron chi connectivity index (χ0n) is 11.2. The van der Waals surface area contributed by atoms with E-state index in [0.717, 1.165) is 34.6 Å². The van der Waals surface area contributed by atoms with Gasteiger partial charge in [-0.1, -0.05) is 24.3 Å². The number of aliphatic hydroxyl groups is 1. The minimum atomic E-state index is -0.466. The lowest BCUT2D eigenvalue weighted by atomic mass is 9.97. The molecule has 3 rings (SSSR count). The average molecular weight is 255 g/mol. The molecule has 4 nitrogen and oxygen atoms in total. The summed E-state index contributed by atoms with van der Waals surface area (Å²) < 4.78 is 0. The third-order valence-electron chi connectivity index (χ3n) is 3.80. The van der Waals surface area contributed by atoms with Crippen molar-refractivity contribution in [1.82, 2.24) is 10.2 Å². The molecule has 19 heavy (non-hydrogen) atoms. The third kappa shape index (κ3) is 2.08. The van der Waals surface area contributed by atoms with Crippen LogP contribution in [-0.2, 0) is 6.54 Å². The molecular weight excluding hydrogens is 238 g/mol. The molecule has 0 fully saturated rings. The van der Waals surface area contributed by atoms with Crippen molar-refractivity contribution in [1.29, 1.82) is 0 Å². The second kappa shape index (κ2) is 4.63. The number of benzene rings is 1. The Morgan fingerprint density at radius 1 is 1.26 bits per heavy atom. The van der Waals surface area contributed by atoms with E-state index in [1.165, 1.54) is 0 Å². The normalized spacial score (nSPS) is 18.3. The Kier molecular flexibility index (Phi) is 2.95. The smallest absolute Gasteiger partial charge is 0.154 e. The van der Waals surface area contributed by atoms with E-state index in [0.29, 0.717) is 6.54 Å². The van der Waals surface area contributed by atoms with Crippen LogP contribution in [0.1, 0.15) is 28.4 Å². The Morgan fingerprint density at radius 3 is 2.89 bits per heavy atom. The first kappa shape index (κ1) is 12.1. The molecule has 0 bridgehead atoms. The first-order chi connectivity index (χ1) is 9.16. The Labute approximate surface area is 112 Å². The van der Waals surface area contributed by atoms with Gasteiger partial charge >= 0.3 is 0 Å². The van der Waals surface area contributed by atoms with E-state index in [4.69, 9.17) is 0 Å². The SMILES string of the molecule is Cc1cnnc(N2Cc3ccccc3C(O)C2)c1C. The lowest BCUT2D eigenvalue weighted by molar-refractivity contribution is 0.175. The molecule has 0 amide bonds. The van der Waals surface area contributed by atoms with E-state index in [-0.39, 0.29) is 0 Å². The maximum absolute atomic E-state index is 10.3. The summed E-state index contributed by atoms with van der Waals surface area (Å²) in [7, 11) is 0. The summed E-state index contributed by atoms with van der Waals surface area (Å²) >= 11 is 0. The lowest BCUT2D eigenvalue weighted by Crippen LogP contribution is -2.34. The Bertz CT molecular complexity index is 612. The van der Waals surface area contributed by atoms with Crippen LogP contribution in [0.15, 0.2) is 30.5 Å². The fourth-order valence-electron chi connectivity index (χ4n) is 2.56. The van der Waals surface area contributed by atoms with Crippen LogP contribution in [0.3, 0.4) is 0 Å². The van der Waals surface area contributed by atoms with Crippen LogP contribution in [-0.4, -0.2) is 21.8 Å². The zero-order valence-corrected chi connectivity index (χ0v) is 11.2. The number of β-amino-alcohol motifs (C(OH)–C–C–N with tert-alkyl or cyclic N) is 1. The Balaban J connectivity index is 1.99. The molecule has 1 unspecified atom stereocenters. The van der Waals surface area contributed by atoms with Gasteiger partial charge in [-0.3, -0.25) is 0 Å². The molecule has 98 valence electrons. The first-order valence-corrected chi connectivity index (χ1v) is 6.46. The summed E-state index contributed by atoms with van der Waals surface area (Å²) in [4.78, 5) is 2.10. The van der Waals surface area contributed by atoms with Gasteiger partial charge in [-0.15, -0.1) is 5.10 Å². The quantitative estimate of drug-likeness (QED) is 0.848. The van der Waals surface area contributed by atoms with Crippen LogP contribution < -0.4 is 4.90 Å². The average Bonchev–Trinajstić information content (AvgIpc) is 2.42. The highest BCUT2D eigenvalue weighted by Crippen LogP contribution is 2.30. The van der Waals surface area contributed by atoms with E-state index in [1.807, 2.05) is 32.0 Å². The van der Waals surface area contributed by atoms with Crippen LogP contribution in [0, 0.1) is 13.8 Å². The molecule has 2 aromatic rings. The highest BCUT2D eigenvalue weighted by atomic mass is 16.3. The molecule has 0 spiro atoms. The van der Waals surface area contributed by atoms with Crippen molar-refractivity contribution in [2.24, 2.45) is 0 Å². The Hall–Kier alpha value is -1.94. The summed E-state index contributed by atoms with van der Waals surface area (Å²) in [6.07, 6.45) is 1.30. The summed E-state index contributed by atoms with van der Waals surface area (Å²) in [6.45, 7) is 5.41. The molecule has 1 aromatic heterocycles. The van der Waals surface area contributed by atoms with Crippen molar-refractivity contribution in [3.63, 3.8) is 0 Å². The minimum Gasteiger partial charge on any atom is -0.387 e. The highest BCUT2D eigenvalue weighted by molar-refractivity contribution is 5.51. The van der Waals surface area contributed by atoms with Crippen LogP contribution in [0.2, 0.25) is 0 Å². The maximum Gasteiger partial charge on any atom is 0.154 e. The monoisotopic (exact) mass is 255 g/mol. The highest BCUT2D eigenvalue weighted by Gasteiger charge is 2.25. The second-order valence-electron chi connectivity index (χ2n) is 5.07. The van der Waals surface area contributed by atoms with Crippen LogP contribution in [0.5, 0.6) is 0 Å². The number of hydrogen-bond donors (Lipinski definition) is 1.